The molecule has 15 heteroatoms. The second-order valence-corrected chi connectivity index (χ2v) is 5.66. The summed E-state index contributed by atoms with van der Waals surface area (Å²) in [5.74, 6) is -1.89. The number of aliphatic hydroxyl groups excluding tert-OH is 4. The Morgan fingerprint density at radius 1 is 0.850 bits per heavy atom. The van der Waals surface area contributed by atoms with Crippen molar-refractivity contribution in [1.82, 2.24) is 0 Å². The van der Waals surface area contributed by atoms with Crippen LogP contribution in [0.2, 0.25) is 0 Å². The van der Waals surface area contributed by atoms with Gasteiger partial charge in [-0.2, -0.15) is 0 Å². The molecule has 0 spiro atoms. The van der Waals surface area contributed by atoms with Gasteiger partial charge in [0.2, 0.25) is 12.1 Å². The van der Waals surface area contributed by atoms with Crippen molar-refractivity contribution >= 4 is 21.4 Å². The van der Waals surface area contributed by atoms with Crippen LogP contribution >= 0.6 is 15.6 Å². The fourth-order valence-electron chi connectivity index (χ4n) is 0.855. The molecular weight excluding hydrogens is 330 g/mol. The second kappa shape index (κ2) is 7.13. The summed E-state index contributed by atoms with van der Waals surface area (Å²) in [5, 5.41) is 36.1. The molecule has 0 saturated carbocycles. The highest BCUT2D eigenvalue weighted by Crippen LogP contribution is 2.39. The van der Waals surface area contributed by atoms with Crippen molar-refractivity contribution < 1.29 is 63.0 Å². The van der Waals surface area contributed by atoms with Crippen molar-refractivity contribution in [3.8, 4) is 0 Å². The summed E-state index contributed by atoms with van der Waals surface area (Å²) in [6, 6.07) is 0. The molecule has 0 aliphatic heterocycles. The third-order valence-corrected chi connectivity index (χ3v) is 2.60. The number of rotatable bonds is 8. The van der Waals surface area contributed by atoms with Crippen molar-refractivity contribution in [3.05, 3.63) is 0 Å². The van der Waals surface area contributed by atoms with Crippen LogP contribution in [0.15, 0.2) is 0 Å². The molecule has 0 saturated heterocycles. The van der Waals surface area contributed by atoms with E-state index >= 15 is 0 Å². The van der Waals surface area contributed by atoms with Gasteiger partial charge < -0.3 is 40.0 Å². The largest absolute Gasteiger partial charge is 0.472 e. The Morgan fingerprint density at radius 3 is 1.60 bits per heavy atom. The van der Waals surface area contributed by atoms with E-state index in [4.69, 9.17) is 40.0 Å². The SMILES string of the molecule is O=C(C(O)OP(=O)(O)O)C(O)C(O)C(O)OP(=O)(O)O. The number of hydrogen-bond acceptors (Lipinski definition) is 9. The van der Waals surface area contributed by atoms with Crippen molar-refractivity contribution in [2.75, 3.05) is 0 Å². The van der Waals surface area contributed by atoms with E-state index in [2.05, 4.69) is 9.05 Å². The van der Waals surface area contributed by atoms with Gasteiger partial charge in [-0.25, -0.2) is 13.7 Å². The summed E-state index contributed by atoms with van der Waals surface area (Å²) >= 11 is 0. The van der Waals surface area contributed by atoms with Crippen LogP contribution in [0.1, 0.15) is 0 Å². The third kappa shape index (κ3) is 7.50. The van der Waals surface area contributed by atoms with Crippen LogP contribution in [0.25, 0.3) is 0 Å². The standard InChI is InChI=1S/C5H12O13P2/c6-1(2(7)4(9)17-19(11,12)13)3(8)5(10)18-20(14,15)16/h1-2,4-7,9-10H,(H2,11,12,13)(H2,14,15,16). The van der Waals surface area contributed by atoms with Gasteiger partial charge in [-0.1, -0.05) is 0 Å². The second-order valence-electron chi connectivity index (χ2n) is 3.27. The van der Waals surface area contributed by atoms with Crippen LogP contribution in [0, 0.1) is 0 Å². The lowest BCUT2D eigenvalue weighted by Gasteiger charge is -2.23. The predicted molar refractivity (Wildman–Crippen MR) is 55.3 cm³/mol. The quantitative estimate of drug-likeness (QED) is 0.156. The van der Waals surface area contributed by atoms with Crippen LogP contribution in [0.4, 0.5) is 0 Å². The highest BCUT2D eigenvalue weighted by molar-refractivity contribution is 7.46. The molecule has 4 unspecified atom stereocenters. The molecule has 0 aromatic heterocycles. The fourth-order valence-corrected chi connectivity index (χ4v) is 1.63. The molecule has 0 aliphatic rings. The summed E-state index contributed by atoms with van der Waals surface area (Å²) in [5.41, 5.74) is 0. The van der Waals surface area contributed by atoms with Gasteiger partial charge in [0.25, 0.3) is 0 Å². The van der Waals surface area contributed by atoms with E-state index in [0.29, 0.717) is 0 Å². The Kier molecular flexibility index (Phi) is 7.04. The van der Waals surface area contributed by atoms with Crippen LogP contribution in [-0.4, -0.2) is 70.6 Å². The summed E-state index contributed by atoms with van der Waals surface area (Å²) in [6.07, 6.45) is -10.9. The zero-order valence-corrected chi connectivity index (χ0v) is 11.1. The average Bonchev–Trinajstić information content (AvgIpc) is 2.21. The number of phosphoric acid groups is 2. The van der Waals surface area contributed by atoms with Crippen LogP contribution in [0.5, 0.6) is 0 Å². The first-order valence-corrected chi connectivity index (χ1v) is 7.54. The third-order valence-electron chi connectivity index (χ3n) is 1.63. The lowest BCUT2D eigenvalue weighted by atomic mass is 10.1. The van der Waals surface area contributed by atoms with E-state index < -0.39 is 46.2 Å². The molecular formula is C5H12O13P2. The molecule has 0 amide bonds. The lowest BCUT2D eigenvalue weighted by Crippen LogP contribution is -2.47. The highest BCUT2D eigenvalue weighted by Gasteiger charge is 2.39. The summed E-state index contributed by atoms with van der Waals surface area (Å²) in [4.78, 5) is 44.3. The van der Waals surface area contributed by atoms with Gasteiger partial charge in [0.1, 0.15) is 12.2 Å². The number of carbonyl (C=O) groups is 1. The first-order chi connectivity index (χ1) is 8.74. The minimum atomic E-state index is -5.28. The monoisotopic (exact) mass is 342 g/mol. The van der Waals surface area contributed by atoms with Crippen molar-refractivity contribution in [1.29, 1.82) is 0 Å². The molecule has 4 atom stereocenters. The maximum atomic E-state index is 11.1. The van der Waals surface area contributed by atoms with Gasteiger partial charge in [0.15, 0.2) is 6.29 Å². The van der Waals surface area contributed by atoms with Crippen molar-refractivity contribution in [2.45, 2.75) is 24.8 Å². The van der Waals surface area contributed by atoms with E-state index in [0.717, 1.165) is 0 Å². The van der Waals surface area contributed by atoms with Gasteiger partial charge >= 0.3 is 15.6 Å². The number of Topliss-reactive ketones (excluding diaryl/α,β-unsaturated/α-hetero) is 1. The van der Waals surface area contributed by atoms with Crippen LogP contribution in [-0.2, 0) is 23.0 Å². The normalized spacial score (nSPS) is 19.2. The average molecular weight is 342 g/mol. The van der Waals surface area contributed by atoms with E-state index in [1.54, 1.807) is 0 Å². The lowest BCUT2D eigenvalue weighted by molar-refractivity contribution is -0.178. The number of phosphoric ester groups is 2. The summed E-state index contributed by atoms with van der Waals surface area (Å²) in [7, 11) is -10.5. The van der Waals surface area contributed by atoms with E-state index in [1.807, 2.05) is 0 Å². The van der Waals surface area contributed by atoms with Gasteiger partial charge in [0.05, 0.1) is 0 Å². The zero-order chi connectivity index (χ0) is 16.3. The summed E-state index contributed by atoms with van der Waals surface area (Å²) < 4.78 is 27.6. The Hall–Kier alpha value is -0.270. The van der Waals surface area contributed by atoms with Crippen LogP contribution < -0.4 is 0 Å². The van der Waals surface area contributed by atoms with Gasteiger partial charge in [-0.05, 0) is 0 Å². The number of ketones is 1. The molecule has 0 aromatic rings. The van der Waals surface area contributed by atoms with Crippen LogP contribution in [0.3, 0.4) is 0 Å². The zero-order valence-electron chi connectivity index (χ0n) is 9.32. The smallest absolute Gasteiger partial charge is 0.385 e. The maximum absolute atomic E-state index is 11.1. The molecule has 13 nitrogen and oxygen atoms in total. The number of aliphatic hydroxyl groups is 4. The maximum Gasteiger partial charge on any atom is 0.472 e. The molecule has 0 aromatic carbocycles. The molecule has 0 heterocycles. The first kappa shape index (κ1) is 19.7. The topological polar surface area (TPSA) is 232 Å². The van der Waals surface area contributed by atoms with Crippen molar-refractivity contribution in [3.63, 3.8) is 0 Å². The Bertz CT molecular complexity index is 422. The Labute approximate surface area is 110 Å². The molecule has 0 radical (unpaired) electrons. The van der Waals surface area contributed by atoms with Crippen molar-refractivity contribution in [2.24, 2.45) is 0 Å². The van der Waals surface area contributed by atoms with Gasteiger partial charge in [0, 0.05) is 0 Å². The van der Waals surface area contributed by atoms with E-state index in [-0.39, 0.29) is 0 Å². The van der Waals surface area contributed by atoms with E-state index in [9.17, 15) is 13.9 Å². The molecule has 20 heavy (non-hydrogen) atoms. The number of carbonyl (C=O) groups excluding carboxylic acids is 1. The van der Waals surface area contributed by atoms with Gasteiger partial charge in [-0.3, -0.25) is 9.32 Å². The minimum absolute atomic E-state index is 1.89. The summed E-state index contributed by atoms with van der Waals surface area (Å²) in [6.45, 7) is 0. The predicted octanol–water partition coefficient (Wildman–Crippen LogP) is -3.87. The first-order valence-electron chi connectivity index (χ1n) is 4.48. The Morgan fingerprint density at radius 2 is 1.25 bits per heavy atom. The van der Waals surface area contributed by atoms with E-state index in [1.165, 1.54) is 0 Å². The molecule has 0 aliphatic carbocycles. The fraction of sp³-hybridized carbons (Fsp3) is 0.800. The molecule has 0 fully saturated rings. The molecule has 0 bridgehead atoms. The minimum Gasteiger partial charge on any atom is -0.385 e. The highest BCUT2D eigenvalue weighted by atomic mass is 31.2. The van der Waals surface area contributed by atoms with Gasteiger partial charge in [-0.15, -0.1) is 0 Å². The number of hydrogen-bond donors (Lipinski definition) is 8. The Balaban J connectivity index is 4.72. The molecule has 120 valence electrons. The molecule has 0 rings (SSSR count). The molecule has 8 N–H and O–H groups in total.